The van der Waals surface area contributed by atoms with Gasteiger partial charge < -0.3 is 0 Å². The summed E-state index contributed by atoms with van der Waals surface area (Å²) < 4.78 is 2.42. The van der Waals surface area contributed by atoms with Crippen molar-refractivity contribution in [2.24, 2.45) is 17.8 Å². The van der Waals surface area contributed by atoms with Gasteiger partial charge in [0.15, 0.2) is 0 Å². The molecule has 1 aromatic rings. The van der Waals surface area contributed by atoms with Gasteiger partial charge in [0, 0.05) is 0 Å². The molecule has 1 aliphatic rings. The first-order valence-electron chi connectivity index (χ1n) is 10.7. The summed E-state index contributed by atoms with van der Waals surface area (Å²) >= 11 is 8.44. The summed E-state index contributed by atoms with van der Waals surface area (Å²) in [4.78, 5) is 11.8. The van der Waals surface area contributed by atoms with E-state index >= 15 is 0 Å². The van der Waals surface area contributed by atoms with Crippen LogP contribution in [0.3, 0.4) is 0 Å². The summed E-state index contributed by atoms with van der Waals surface area (Å²) in [5.41, 5.74) is 1.30. The number of aryl methyl sites for hydroxylation is 1. The number of hydrogen-bond donors (Lipinski definition) is 3. The van der Waals surface area contributed by atoms with Crippen LogP contribution in [0.1, 0.15) is 30.2 Å². The Bertz CT molecular complexity index is 826. The van der Waals surface area contributed by atoms with Crippen LogP contribution in [0.2, 0.25) is 0 Å². The first-order chi connectivity index (χ1) is 15.3. The van der Waals surface area contributed by atoms with Gasteiger partial charge in [-0.25, -0.2) is 0 Å². The van der Waals surface area contributed by atoms with E-state index in [1.165, 1.54) is 30.9 Å². The van der Waals surface area contributed by atoms with Crippen LogP contribution in [0.5, 0.6) is 0 Å². The number of rotatable bonds is 13. The maximum atomic E-state index is 10.6. The summed E-state index contributed by atoms with van der Waals surface area (Å²) in [6.45, 7) is 4.24. The van der Waals surface area contributed by atoms with Gasteiger partial charge in [-0.2, -0.15) is 0 Å². The number of aliphatic carboxylic acids is 1. The van der Waals surface area contributed by atoms with Crippen molar-refractivity contribution in [2.75, 3.05) is 17.3 Å². The zero-order chi connectivity index (χ0) is 23.7. The minimum atomic E-state index is -0.814. The predicted molar refractivity (Wildman–Crippen MR) is 144 cm³/mol. The molecule has 1 unspecified atom stereocenters. The third-order valence-corrected chi connectivity index (χ3v) is 10.4. The van der Waals surface area contributed by atoms with Crippen LogP contribution in [0.4, 0.5) is 0 Å². The first kappa shape index (κ1) is 27.9. The van der Waals surface area contributed by atoms with Gasteiger partial charge in [-0.05, 0) is 0 Å². The van der Waals surface area contributed by atoms with E-state index in [-0.39, 0.29) is 23.5 Å². The molecule has 1 saturated carbocycles. The van der Waals surface area contributed by atoms with Gasteiger partial charge in [0.05, 0.1) is 0 Å². The average molecular weight is 558 g/mol. The summed E-state index contributed by atoms with van der Waals surface area (Å²) in [5, 5.41) is 29.8. The van der Waals surface area contributed by atoms with E-state index in [0.29, 0.717) is 24.3 Å². The quantitative estimate of drug-likeness (QED) is 0.141. The van der Waals surface area contributed by atoms with Gasteiger partial charge in [-0.3, -0.25) is 0 Å². The molecule has 3 N–H and O–H groups in total. The van der Waals surface area contributed by atoms with Crippen LogP contribution in [-0.4, -0.2) is 64.2 Å². The zero-order valence-corrected chi connectivity index (χ0v) is 22.5. The van der Waals surface area contributed by atoms with Crippen molar-refractivity contribution >= 4 is 70.2 Å². The number of aliphatic hydroxyl groups is 2. The third kappa shape index (κ3) is 8.17. The molecular weight excluding hydrogens is 527 g/mol. The Hall–Kier alpha value is -0.315. The van der Waals surface area contributed by atoms with Gasteiger partial charge in [0.25, 0.3) is 0 Å². The second-order valence-corrected chi connectivity index (χ2v) is 12.2. The first-order valence-corrected chi connectivity index (χ1v) is 14.5. The van der Waals surface area contributed by atoms with Crippen molar-refractivity contribution < 1.29 is 20.1 Å². The molecule has 0 aromatic carbocycles. The molecule has 1 aliphatic carbocycles. The molecule has 1 heterocycles. The van der Waals surface area contributed by atoms with Crippen LogP contribution in [0, 0.1) is 24.7 Å². The Balaban J connectivity index is 1.94. The Morgan fingerprint density at radius 2 is 2.16 bits per heavy atom. The minimum absolute atomic E-state index is 0.0271. The van der Waals surface area contributed by atoms with E-state index in [1.54, 1.807) is 29.1 Å². The van der Waals surface area contributed by atoms with Gasteiger partial charge in [0.1, 0.15) is 0 Å². The second kappa shape index (κ2) is 14.2. The molecule has 32 heavy (non-hydrogen) atoms. The fraction of sp³-hybridized carbons (Fsp3) is 0.565. The van der Waals surface area contributed by atoms with Crippen LogP contribution in [-0.2, 0) is 11.2 Å². The molecule has 175 valence electrons. The van der Waals surface area contributed by atoms with Gasteiger partial charge in [-0.15, -0.1) is 0 Å². The molecule has 0 bridgehead atoms. The summed E-state index contributed by atoms with van der Waals surface area (Å²) in [5.74, 6) is 2.31. The number of carboxylic acids is 1. The van der Waals surface area contributed by atoms with Crippen molar-refractivity contribution in [1.29, 1.82) is 0 Å². The van der Waals surface area contributed by atoms with Crippen molar-refractivity contribution in [3.8, 4) is 0 Å². The fourth-order valence-corrected chi connectivity index (χ4v) is 8.04. The molecular formula is C23H31BBrO4S3. The molecule has 1 fully saturated rings. The van der Waals surface area contributed by atoms with E-state index in [2.05, 4.69) is 29.8 Å². The number of carbonyl (C=O) groups is 1. The zero-order valence-electron chi connectivity index (χ0n) is 18.4. The average Bonchev–Trinajstić information content (AvgIpc) is 3.21. The molecule has 1 aromatic heterocycles. The summed E-state index contributed by atoms with van der Waals surface area (Å²) in [6, 6.07) is 0. The Kier molecular flexibility index (Phi) is 12.4. The van der Waals surface area contributed by atoms with Gasteiger partial charge in [-0.1, -0.05) is 0 Å². The second-order valence-electron chi connectivity index (χ2n) is 7.87. The Morgan fingerprint density at radius 3 is 2.81 bits per heavy atom. The number of carboxylic acid groups (broad SMARTS) is 1. The van der Waals surface area contributed by atoms with Crippen molar-refractivity contribution in [3.63, 3.8) is 0 Å². The molecule has 5 atom stereocenters. The van der Waals surface area contributed by atoms with E-state index in [4.69, 9.17) is 12.6 Å². The monoisotopic (exact) mass is 557 g/mol. The van der Waals surface area contributed by atoms with E-state index in [9.17, 15) is 15.0 Å². The number of aliphatic hydroxyl groups excluding tert-OH is 2. The van der Waals surface area contributed by atoms with E-state index in [0.717, 1.165) is 6.42 Å². The van der Waals surface area contributed by atoms with Crippen molar-refractivity contribution in [2.45, 2.75) is 49.5 Å². The molecule has 4 nitrogen and oxygen atoms in total. The van der Waals surface area contributed by atoms with Crippen LogP contribution in [0.15, 0.2) is 33.0 Å². The van der Waals surface area contributed by atoms with Crippen LogP contribution < -0.4 is 0 Å². The molecule has 0 amide bonds. The topological polar surface area (TPSA) is 77.8 Å². The van der Waals surface area contributed by atoms with Gasteiger partial charge >= 0.3 is 214 Å². The van der Waals surface area contributed by atoms with Crippen LogP contribution in [0.25, 0.3) is 0 Å². The number of allylic oxidation sites excluding steroid dienone is 2. The fourth-order valence-electron chi connectivity index (χ4n) is 3.96. The molecule has 2 rings (SSSR count). The van der Waals surface area contributed by atoms with Crippen molar-refractivity contribution in [1.82, 2.24) is 0 Å². The number of halogens is 1. The third-order valence-electron chi connectivity index (χ3n) is 5.62. The molecule has 0 saturated heterocycles. The van der Waals surface area contributed by atoms with E-state index in [1.807, 2.05) is 24.3 Å². The maximum absolute atomic E-state index is 10.6. The normalized spacial score (nSPS) is 24.5. The predicted octanol–water partition coefficient (Wildman–Crippen LogP) is 4.74. The molecule has 0 aliphatic heterocycles. The SMILES string of the molecule is [B]=C[C@@H]1CC(O)[C@H](C/C=C\CSCC(=O)O)[C@H]1/C=C/[C@@H](O)CSc1sc(C)c(Br)c1CC. The summed E-state index contributed by atoms with van der Waals surface area (Å²) in [6.07, 6.45) is 9.07. The number of hydrogen-bond acceptors (Lipinski definition) is 6. The number of thiophene rings is 1. The van der Waals surface area contributed by atoms with Crippen LogP contribution >= 0.6 is 50.8 Å². The Labute approximate surface area is 213 Å². The molecule has 1 radical (unpaired) electrons. The summed E-state index contributed by atoms with van der Waals surface area (Å²) in [7, 11) is 5.84. The van der Waals surface area contributed by atoms with Crippen molar-refractivity contribution in [3.05, 3.63) is 39.2 Å². The Morgan fingerprint density at radius 1 is 1.41 bits per heavy atom. The molecule has 9 heteroatoms. The standard InChI is InChI=1S/C23H31BBrO4S3/c1-3-17-22(25)14(2)32-23(17)31-12-16(26)7-8-18-15(11-24)10-20(27)19(18)6-4-5-9-30-13-21(28)29/h4-5,7-8,11,15-16,18-20,26-27H,3,6,9-10,12-13H2,1-2H3,(H,28,29)/b5-4-,8-7+/t15-,16+,18-,19+,20?/m0/s1. The molecule has 0 spiro atoms. The van der Waals surface area contributed by atoms with E-state index < -0.39 is 18.2 Å². The van der Waals surface area contributed by atoms with Gasteiger partial charge in [0.2, 0.25) is 0 Å². The number of thioether (sulfide) groups is 2.